The molecule has 3 unspecified atom stereocenters. The lowest BCUT2D eigenvalue weighted by Crippen LogP contribution is -2.49. The van der Waals surface area contributed by atoms with Gasteiger partial charge in [0.1, 0.15) is 12.6 Å². The Morgan fingerprint density at radius 1 is 1.00 bits per heavy atom. The molecular formula is C34H46N4O6. The van der Waals surface area contributed by atoms with Gasteiger partial charge in [-0.15, -0.1) is 0 Å². The van der Waals surface area contributed by atoms with Crippen LogP contribution in [0.1, 0.15) is 68.9 Å². The number of hydrogen-bond donors (Lipinski definition) is 1. The summed E-state index contributed by atoms with van der Waals surface area (Å²) in [6.45, 7) is 6.82. The number of aliphatic carboxylic acids is 1. The van der Waals surface area contributed by atoms with Gasteiger partial charge in [-0.1, -0.05) is 49.6 Å². The maximum atomic E-state index is 13.0. The van der Waals surface area contributed by atoms with Gasteiger partial charge < -0.3 is 19.6 Å². The fourth-order valence-corrected chi connectivity index (χ4v) is 7.72. The highest BCUT2D eigenvalue weighted by Gasteiger charge is 2.43. The summed E-state index contributed by atoms with van der Waals surface area (Å²) in [6.07, 6.45) is 6.82. The first-order valence-corrected chi connectivity index (χ1v) is 16.2. The van der Waals surface area contributed by atoms with Gasteiger partial charge >= 0.3 is 12.1 Å². The van der Waals surface area contributed by atoms with Gasteiger partial charge in [-0.2, -0.15) is 0 Å². The molecule has 2 saturated heterocycles. The monoisotopic (exact) mass is 606 g/mol. The van der Waals surface area contributed by atoms with Crippen molar-refractivity contribution in [3.63, 3.8) is 0 Å². The average molecular weight is 607 g/mol. The number of nitrogens with zero attached hydrogens (tertiary/aromatic N) is 4. The Labute approximate surface area is 260 Å². The number of hydrogen-bond acceptors (Lipinski definition) is 7. The summed E-state index contributed by atoms with van der Waals surface area (Å²) >= 11 is 0. The lowest BCUT2D eigenvalue weighted by Gasteiger charge is -2.39. The summed E-state index contributed by atoms with van der Waals surface area (Å²) < 4.78 is 5.59. The molecule has 3 aliphatic rings. The Balaban J connectivity index is 1.18. The Bertz CT molecular complexity index is 1240. The summed E-state index contributed by atoms with van der Waals surface area (Å²) in [5, 5.41) is 21.2. The number of rotatable bonds is 11. The van der Waals surface area contributed by atoms with Crippen molar-refractivity contribution in [1.82, 2.24) is 14.7 Å². The van der Waals surface area contributed by atoms with Crippen molar-refractivity contribution in [1.29, 1.82) is 0 Å². The lowest BCUT2D eigenvalue weighted by atomic mass is 9.83. The topological polar surface area (TPSA) is 116 Å². The number of nitro benzene ring substituents is 1. The van der Waals surface area contributed by atoms with Crippen LogP contribution in [0.5, 0.6) is 0 Å². The van der Waals surface area contributed by atoms with Gasteiger partial charge in [0.2, 0.25) is 0 Å². The standard InChI is InChI=1S/C34H46N4O6/c1-2-37(34(41)44-24-25-13-15-30(16-14-25)38(42)43)29-17-19-35(20-18-29)21-28-22-36(23-31(28)26-9-5-3-6-10-26)32(33(39)40)27-11-7-4-8-12-27/h3,5-6,9-10,13-16,27-29,31-32H,2,4,7-8,11-12,17-24H2,1H3,(H,39,40). The number of carboxylic acids is 1. The SMILES string of the molecule is CCN(C(=O)OCc1ccc([N+](=O)[O-])cc1)C1CCN(CC2CN(C(C(=O)O)C3CCCCC3)CC2c2ccccc2)CC1. The minimum Gasteiger partial charge on any atom is -0.480 e. The van der Waals surface area contributed by atoms with E-state index in [9.17, 15) is 24.8 Å². The van der Waals surface area contributed by atoms with Crippen molar-refractivity contribution in [2.24, 2.45) is 11.8 Å². The van der Waals surface area contributed by atoms with E-state index in [4.69, 9.17) is 4.74 Å². The first kappa shape index (κ1) is 31.9. The average Bonchev–Trinajstić information content (AvgIpc) is 3.45. The summed E-state index contributed by atoms with van der Waals surface area (Å²) in [4.78, 5) is 42.6. The number of carboxylic acid groups (broad SMARTS) is 1. The summed E-state index contributed by atoms with van der Waals surface area (Å²) in [5.41, 5.74) is 2.01. The van der Waals surface area contributed by atoms with E-state index in [1.54, 1.807) is 17.0 Å². The molecule has 2 aromatic rings. The number of ether oxygens (including phenoxy) is 1. The minimum atomic E-state index is -0.676. The molecule has 1 amide bonds. The third kappa shape index (κ3) is 7.77. The molecule has 3 fully saturated rings. The molecule has 0 radical (unpaired) electrons. The number of likely N-dealkylation sites (tertiary alicyclic amines) is 2. The Morgan fingerprint density at radius 2 is 1.68 bits per heavy atom. The van der Waals surface area contributed by atoms with Gasteiger partial charge in [-0.05, 0) is 67.7 Å². The van der Waals surface area contributed by atoms with Crippen molar-refractivity contribution in [3.8, 4) is 0 Å². The van der Waals surface area contributed by atoms with Gasteiger partial charge in [0.05, 0.1) is 4.92 Å². The van der Waals surface area contributed by atoms with Crippen LogP contribution in [0, 0.1) is 22.0 Å². The van der Waals surface area contributed by atoms with Gasteiger partial charge in [0.25, 0.3) is 5.69 Å². The van der Waals surface area contributed by atoms with Crippen molar-refractivity contribution < 1.29 is 24.4 Å². The van der Waals surface area contributed by atoms with E-state index in [2.05, 4.69) is 34.1 Å². The van der Waals surface area contributed by atoms with E-state index in [1.165, 1.54) is 24.1 Å². The highest BCUT2D eigenvalue weighted by atomic mass is 16.6. The van der Waals surface area contributed by atoms with E-state index >= 15 is 0 Å². The molecule has 2 aromatic carbocycles. The molecule has 44 heavy (non-hydrogen) atoms. The van der Waals surface area contributed by atoms with Crippen molar-refractivity contribution >= 4 is 17.7 Å². The smallest absolute Gasteiger partial charge is 0.410 e. The molecule has 5 rings (SSSR count). The second-order valence-corrected chi connectivity index (χ2v) is 12.7. The van der Waals surface area contributed by atoms with Crippen LogP contribution in [0.25, 0.3) is 0 Å². The molecule has 238 valence electrons. The quantitative estimate of drug-likeness (QED) is 0.253. The van der Waals surface area contributed by atoms with Crippen LogP contribution >= 0.6 is 0 Å². The molecule has 0 spiro atoms. The highest BCUT2D eigenvalue weighted by Crippen LogP contribution is 2.38. The Morgan fingerprint density at radius 3 is 2.30 bits per heavy atom. The predicted octanol–water partition coefficient (Wildman–Crippen LogP) is 5.77. The van der Waals surface area contributed by atoms with E-state index in [-0.39, 0.29) is 30.3 Å². The fraction of sp³-hybridized carbons (Fsp3) is 0.588. The van der Waals surface area contributed by atoms with Crippen molar-refractivity contribution in [2.45, 2.75) is 76.5 Å². The first-order valence-electron chi connectivity index (χ1n) is 16.2. The van der Waals surface area contributed by atoms with Gasteiger partial charge in [-0.25, -0.2) is 4.79 Å². The van der Waals surface area contributed by atoms with Gasteiger partial charge in [0, 0.05) is 63.4 Å². The van der Waals surface area contributed by atoms with Crippen LogP contribution in [0.4, 0.5) is 10.5 Å². The van der Waals surface area contributed by atoms with Crippen LogP contribution in [0.2, 0.25) is 0 Å². The lowest BCUT2D eigenvalue weighted by molar-refractivity contribution is -0.384. The first-order chi connectivity index (χ1) is 21.3. The molecule has 1 saturated carbocycles. The second kappa shape index (κ2) is 15.0. The largest absolute Gasteiger partial charge is 0.480 e. The molecule has 10 nitrogen and oxygen atoms in total. The zero-order chi connectivity index (χ0) is 31.1. The molecule has 1 N–H and O–H groups in total. The minimum absolute atomic E-state index is 0.00773. The number of carbonyl (C=O) groups is 2. The number of nitro groups is 1. The summed E-state index contributed by atoms with van der Waals surface area (Å²) in [6, 6.07) is 16.3. The van der Waals surface area contributed by atoms with Crippen LogP contribution in [0.15, 0.2) is 54.6 Å². The molecule has 1 aliphatic carbocycles. The van der Waals surface area contributed by atoms with E-state index < -0.39 is 16.9 Å². The molecule has 2 aliphatic heterocycles. The number of carbonyl (C=O) groups excluding carboxylic acids is 1. The van der Waals surface area contributed by atoms with Crippen LogP contribution in [-0.2, 0) is 16.1 Å². The number of piperidine rings is 1. The van der Waals surface area contributed by atoms with E-state index in [0.717, 1.165) is 71.2 Å². The third-order valence-electron chi connectivity index (χ3n) is 10.0. The summed E-state index contributed by atoms with van der Waals surface area (Å²) in [7, 11) is 0. The molecule has 10 heteroatoms. The molecule has 3 atom stereocenters. The Hall–Kier alpha value is -3.50. The van der Waals surface area contributed by atoms with Gasteiger partial charge in [-0.3, -0.25) is 19.8 Å². The fourth-order valence-electron chi connectivity index (χ4n) is 7.72. The number of non-ortho nitro benzene ring substituents is 1. The molecule has 0 bridgehead atoms. The summed E-state index contributed by atoms with van der Waals surface area (Å²) in [5.74, 6) is 0.187. The van der Waals surface area contributed by atoms with Crippen LogP contribution in [0.3, 0.4) is 0 Å². The molecular weight excluding hydrogens is 560 g/mol. The van der Waals surface area contributed by atoms with Crippen molar-refractivity contribution in [2.75, 3.05) is 39.3 Å². The van der Waals surface area contributed by atoms with Crippen LogP contribution in [-0.4, -0.2) is 88.1 Å². The zero-order valence-electron chi connectivity index (χ0n) is 25.8. The maximum absolute atomic E-state index is 13.0. The molecule has 0 aromatic heterocycles. The maximum Gasteiger partial charge on any atom is 0.410 e. The highest BCUT2D eigenvalue weighted by molar-refractivity contribution is 5.74. The van der Waals surface area contributed by atoms with Gasteiger partial charge in [0.15, 0.2) is 0 Å². The van der Waals surface area contributed by atoms with E-state index in [0.29, 0.717) is 23.9 Å². The third-order valence-corrected chi connectivity index (χ3v) is 10.0. The number of amides is 1. The number of benzene rings is 2. The second-order valence-electron chi connectivity index (χ2n) is 12.7. The van der Waals surface area contributed by atoms with Crippen LogP contribution < -0.4 is 0 Å². The molecule has 2 heterocycles. The van der Waals surface area contributed by atoms with E-state index in [1.807, 2.05) is 13.0 Å². The zero-order valence-corrected chi connectivity index (χ0v) is 25.8. The Kier molecular flexibility index (Phi) is 10.9. The predicted molar refractivity (Wildman–Crippen MR) is 167 cm³/mol. The normalized spacial score (nSPS) is 22.8. The van der Waals surface area contributed by atoms with Crippen molar-refractivity contribution in [3.05, 3.63) is 75.8 Å².